The maximum absolute atomic E-state index is 13.0. The summed E-state index contributed by atoms with van der Waals surface area (Å²) in [5.74, 6) is 0. The largest absolute Gasteiger partial charge is 0.416 e. The van der Waals surface area contributed by atoms with Crippen LogP contribution in [0.1, 0.15) is 37.1 Å². The van der Waals surface area contributed by atoms with Crippen LogP contribution >= 0.6 is 11.8 Å². The minimum absolute atomic E-state index is 0.133. The maximum atomic E-state index is 13.0. The number of sulfone groups is 1. The second-order valence-electron chi connectivity index (χ2n) is 7.08. The Morgan fingerprint density at radius 1 is 1.25 bits per heavy atom. The third-order valence-electron chi connectivity index (χ3n) is 4.61. The lowest BCUT2D eigenvalue weighted by Gasteiger charge is -2.37. The number of halogens is 3. The quantitative estimate of drug-likeness (QED) is 0.689. The summed E-state index contributed by atoms with van der Waals surface area (Å²) in [6.45, 7) is 2.45. The van der Waals surface area contributed by atoms with Gasteiger partial charge in [-0.25, -0.2) is 8.42 Å². The molecule has 4 nitrogen and oxygen atoms in total. The molecule has 2 aromatic rings. The predicted molar refractivity (Wildman–Crippen MR) is 101 cm³/mol. The Labute approximate surface area is 166 Å². The number of ether oxygens (including phenoxy) is 1. The fourth-order valence-corrected chi connectivity index (χ4v) is 4.96. The summed E-state index contributed by atoms with van der Waals surface area (Å²) in [4.78, 5) is 4.91. The summed E-state index contributed by atoms with van der Waals surface area (Å²) in [5.41, 5.74) is -0.0503. The topological polar surface area (TPSA) is 56.3 Å². The summed E-state index contributed by atoms with van der Waals surface area (Å²) in [6, 6.07) is 8.44. The van der Waals surface area contributed by atoms with Crippen molar-refractivity contribution in [3.63, 3.8) is 0 Å². The lowest BCUT2D eigenvalue weighted by molar-refractivity contribution is -0.137. The van der Waals surface area contributed by atoms with Crippen LogP contribution in [-0.2, 0) is 20.8 Å². The third kappa shape index (κ3) is 5.07. The monoisotopic (exact) mass is 431 g/mol. The van der Waals surface area contributed by atoms with E-state index in [1.165, 1.54) is 36.2 Å². The first-order chi connectivity index (χ1) is 13.0. The van der Waals surface area contributed by atoms with Crippen LogP contribution in [0, 0.1) is 0 Å². The van der Waals surface area contributed by atoms with E-state index in [0.29, 0.717) is 30.0 Å². The van der Waals surface area contributed by atoms with E-state index < -0.39 is 21.6 Å². The molecule has 1 saturated heterocycles. The summed E-state index contributed by atoms with van der Waals surface area (Å²) in [6.07, 6.45) is -1.05. The van der Waals surface area contributed by atoms with E-state index in [0.717, 1.165) is 12.3 Å². The summed E-state index contributed by atoms with van der Waals surface area (Å²) in [7, 11) is -3.33. The molecule has 9 heteroatoms. The first kappa shape index (κ1) is 21.1. The molecule has 28 heavy (non-hydrogen) atoms. The number of hydrogen-bond acceptors (Lipinski definition) is 5. The second-order valence-corrected chi connectivity index (χ2v) is 10.8. The van der Waals surface area contributed by atoms with E-state index >= 15 is 0 Å². The number of nitrogens with zero attached hydrogens (tertiary/aromatic N) is 1. The van der Waals surface area contributed by atoms with Crippen molar-refractivity contribution in [3.8, 4) is 0 Å². The van der Waals surface area contributed by atoms with Crippen LogP contribution in [-0.4, -0.2) is 31.0 Å². The van der Waals surface area contributed by atoms with Crippen LogP contribution in [0.25, 0.3) is 0 Å². The Kier molecular flexibility index (Phi) is 5.80. The van der Waals surface area contributed by atoms with E-state index in [-0.39, 0.29) is 15.7 Å². The van der Waals surface area contributed by atoms with E-state index in [1.54, 1.807) is 12.1 Å². The summed E-state index contributed by atoms with van der Waals surface area (Å²) in [5, 5.41) is 0. The molecule has 0 aliphatic carbocycles. The fraction of sp³-hybridized carbons (Fsp3) is 0.421. The summed E-state index contributed by atoms with van der Waals surface area (Å²) >= 11 is 1.40. The SMILES string of the molecule is CC1(Sc2cccc(C(F)(F)F)c2)CCOC(c2ccc(S(C)(=O)=O)cn2)C1. The van der Waals surface area contributed by atoms with E-state index in [4.69, 9.17) is 4.74 Å². The van der Waals surface area contributed by atoms with Gasteiger partial charge in [-0.1, -0.05) is 6.07 Å². The molecule has 2 unspecified atom stereocenters. The van der Waals surface area contributed by atoms with Gasteiger partial charge in [-0.15, -0.1) is 11.8 Å². The molecule has 2 heterocycles. The van der Waals surface area contributed by atoms with Crippen molar-refractivity contribution in [2.24, 2.45) is 0 Å². The first-order valence-corrected chi connectivity index (χ1v) is 11.3. The number of benzene rings is 1. The predicted octanol–water partition coefficient (Wildman–Crippen LogP) is 4.91. The third-order valence-corrected chi connectivity index (χ3v) is 7.06. The zero-order valence-corrected chi connectivity index (χ0v) is 17.0. The van der Waals surface area contributed by atoms with Gasteiger partial charge in [0.2, 0.25) is 0 Å². The van der Waals surface area contributed by atoms with Crippen molar-refractivity contribution < 1.29 is 26.3 Å². The van der Waals surface area contributed by atoms with Gasteiger partial charge >= 0.3 is 6.18 Å². The number of rotatable bonds is 4. The minimum atomic E-state index is -4.37. The Bertz CT molecular complexity index is 946. The molecule has 1 aromatic heterocycles. The smallest absolute Gasteiger partial charge is 0.372 e. The second kappa shape index (κ2) is 7.68. The standard InChI is InChI=1S/C19H20F3NO3S2/c1-18(27-14-5-3-4-13(10-14)19(20,21)22)8-9-26-17(11-18)16-7-6-15(12-23-16)28(2,24)25/h3-7,10,12,17H,8-9,11H2,1-2H3. The van der Waals surface area contributed by atoms with E-state index in [9.17, 15) is 21.6 Å². The Hall–Kier alpha value is -1.58. The molecule has 0 spiro atoms. The lowest BCUT2D eigenvalue weighted by atomic mass is 9.94. The fourth-order valence-electron chi connectivity index (χ4n) is 3.07. The molecule has 1 aliphatic rings. The number of hydrogen-bond donors (Lipinski definition) is 0. The molecule has 0 radical (unpaired) electrons. The van der Waals surface area contributed by atoms with Crippen molar-refractivity contribution in [1.29, 1.82) is 0 Å². The molecule has 3 rings (SSSR count). The Morgan fingerprint density at radius 2 is 2.00 bits per heavy atom. The number of pyridine rings is 1. The highest BCUT2D eigenvalue weighted by Gasteiger charge is 2.36. The molecule has 0 amide bonds. The van der Waals surface area contributed by atoms with Gasteiger partial charge in [-0.05, 0) is 50.1 Å². The molecule has 0 N–H and O–H groups in total. The number of alkyl halides is 3. The Balaban J connectivity index is 1.77. The van der Waals surface area contributed by atoms with Crippen LogP contribution in [0.5, 0.6) is 0 Å². The number of aromatic nitrogens is 1. The van der Waals surface area contributed by atoms with Crippen LogP contribution in [0.4, 0.5) is 13.2 Å². The molecule has 0 saturated carbocycles. The van der Waals surface area contributed by atoms with Crippen LogP contribution in [0.3, 0.4) is 0 Å². The van der Waals surface area contributed by atoms with Crippen molar-refractivity contribution >= 4 is 21.6 Å². The molecule has 0 bridgehead atoms. The molecule has 2 atom stereocenters. The highest BCUT2D eigenvalue weighted by atomic mass is 32.2. The van der Waals surface area contributed by atoms with Crippen LogP contribution < -0.4 is 0 Å². The highest BCUT2D eigenvalue weighted by molar-refractivity contribution is 8.00. The van der Waals surface area contributed by atoms with E-state index in [1.807, 2.05) is 6.92 Å². The van der Waals surface area contributed by atoms with Crippen molar-refractivity contribution in [2.75, 3.05) is 12.9 Å². The molecular weight excluding hydrogens is 411 g/mol. The molecule has 1 aromatic carbocycles. The van der Waals surface area contributed by atoms with Crippen molar-refractivity contribution in [3.05, 3.63) is 53.9 Å². The maximum Gasteiger partial charge on any atom is 0.416 e. The highest BCUT2D eigenvalue weighted by Crippen LogP contribution is 2.46. The zero-order chi connectivity index (χ0) is 20.6. The molecule has 1 fully saturated rings. The van der Waals surface area contributed by atoms with Gasteiger partial charge in [0.05, 0.1) is 16.2 Å². The van der Waals surface area contributed by atoms with Gasteiger partial charge in [-0.2, -0.15) is 13.2 Å². The lowest BCUT2D eigenvalue weighted by Crippen LogP contribution is -2.32. The molecule has 1 aliphatic heterocycles. The normalized spacial score (nSPS) is 23.5. The van der Waals surface area contributed by atoms with Crippen molar-refractivity contribution in [2.45, 2.75) is 46.6 Å². The van der Waals surface area contributed by atoms with Crippen LogP contribution in [0.15, 0.2) is 52.4 Å². The van der Waals surface area contributed by atoms with Gasteiger partial charge in [-0.3, -0.25) is 4.98 Å². The first-order valence-electron chi connectivity index (χ1n) is 8.60. The average Bonchev–Trinajstić information content (AvgIpc) is 2.60. The van der Waals surface area contributed by atoms with Gasteiger partial charge in [0, 0.05) is 28.7 Å². The van der Waals surface area contributed by atoms with E-state index in [2.05, 4.69) is 4.98 Å². The summed E-state index contributed by atoms with van der Waals surface area (Å²) < 4.78 is 67.5. The molecular formula is C19H20F3NO3S2. The van der Waals surface area contributed by atoms with Gasteiger partial charge in [0.15, 0.2) is 9.84 Å². The minimum Gasteiger partial charge on any atom is -0.372 e. The van der Waals surface area contributed by atoms with Gasteiger partial charge in [0.25, 0.3) is 0 Å². The zero-order valence-electron chi connectivity index (χ0n) is 15.4. The van der Waals surface area contributed by atoms with Gasteiger partial charge < -0.3 is 4.74 Å². The number of thioether (sulfide) groups is 1. The van der Waals surface area contributed by atoms with Crippen molar-refractivity contribution in [1.82, 2.24) is 4.98 Å². The van der Waals surface area contributed by atoms with Crippen LogP contribution in [0.2, 0.25) is 0 Å². The molecule has 152 valence electrons. The van der Waals surface area contributed by atoms with Gasteiger partial charge in [0.1, 0.15) is 6.10 Å². The Morgan fingerprint density at radius 3 is 2.61 bits per heavy atom. The average molecular weight is 432 g/mol.